The van der Waals surface area contributed by atoms with E-state index in [9.17, 15) is 4.79 Å². The largest absolute Gasteiger partial charge is 0.423 e. The van der Waals surface area contributed by atoms with Crippen LogP contribution in [0.15, 0.2) is 48.5 Å². The molecule has 3 rings (SSSR count). The van der Waals surface area contributed by atoms with Gasteiger partial charge in [-0.2, -0.15) is 0 Å². The third-order valence-corrected chi connectivity index (χ3v) is 4.76. The summed E-state index contributed by atoms with van der Waals surface area (Å²) in [4.78, 5) is 15.2. The Hall–Kier alpha value is -1.91. The lowest BCUT2D eigenvalue weighted by Gasteiger charge is -2.29. The van der Waals surface area contributed by atoms with E-state index in [1.807, 2.05) is 18.2 Å². The summed E-state index contributed by atoms with van der Waals surface area (Å²) in [5.74, 6) is 0.0829. The van der Waals surface area contributed by atoms with Crippen molar-refractivity contribution in [2.45, 2.75) is 19.3 Å². The highest BCUT2D eigenvalue weighted by molar-refractivity contribution is 7.80. The van der Waals surface area contributed by atoms with Gasteiger partial charge >= 0.3 is 5.97 Å². The minimum Gasteiger partial charge on any atom is -0.423 e. The van der Waals surface area contributed by atoms with Gasteiger partial charge in [0.05, 0.1) is 5.56 Å². The predicted octanol–water partition coefficient (Wildman–Crippen LogP) is 4.72. The van der Waals surface area contributed by atoms with Crippen LogP contribution in [0.4, 0.5) is 0 Å². The lowest BCUT2D eigenvalue weighted by atomic mass is 10.1. The molecule has 2 aromatic rings. The first-order valence-electron chi connectivity index (χ1n) is 8.00. The molecule has 0 aromatic heterocycles. The zero-order valence-corrected chi connectivity index (χ0v) is 14.8. The fourth-order valence-corrected chi connectivity index (χ4v) is 3.16. The van der Waals surface area contributed by atoms with Gasteiger partial charge in [0.1, 0.15) is 10.7 Å². The minimum absolute atomic E-state index is 0.410. The number of rotatable bonds is 3. The third kappa shape index (κ3) is 4.13. The second-order valence-electron chi connectivity index (χ2n) is 5.78. The van der Waals surface area contributed by atoms with Crippen molar-refractivity contribution >= 4 is 34.8 Å². The molecule has 1 aliphatic heterocycles. The van der Waals surface area contributed by atoms with E-state index in [0.29, 0.717) is 16.3 Å². The van der Waals surface area contributed by atoms with E-state index < -0.39 is 5.97 Å². The summed E-state index contributed by atoms with van der Waals surface area (Å²) in [5, 5.41) is 0.584. The number of thiocarbonyl (C=S) groups is 1. The summed E-state index contributed by atoms with van der Waals surface area (Å²) in [7, 11) is 0. The highest BCUT2D eigenvalue weighted by atomic mass is 35.5. The number of nitrogens with zero attached hydrogens (tertiary/aromatic N) is 1. The number of piperidine rings is 1. The zero-order chi connectivity index (χ0) is 16.9. The Bertz CT molecular complexity index is 739. The molecular weight excluding hydrogens is 342 g/mol. The maximum Gasteiger partial charge on any atom is 0.343 e. The average molecular weight is 360 g/mol. The molecule has 1 saturated heterocycles. The number of carbonyl (C=O) groups is 1. The van der Waals surface area contributed by atoms with Crippen molar-refractivity contribution in [2.24, 2.45) is 0 Å². The van der Waals surface area contributed by atoms with Gasteiger partial charge in [-0.25, -0.2) is 4.79 Å². The highest BCUT2D eigenvalue weighted by Gasteiger charge is 2.16. The van der Waals surface area contributed by atoms with Crippen LogP contribution in [0.25, 0.3) is 0 Å². The van der Waals surface area contributed by atoms with Gasteiger partial charge < -0.3 is 9.64 Å². The summed E-state index contributed by atoms with van der Waals surface area (Å²) in [6.45, 7) is 1.99. The quantitative estimate of drug-likeness (QED) is 0.450. The molecule has 0 spiro atoms. The fourth-order valence-electron chi connectivity index (χ4n) is 2.72. The first-order chi connectivity index (χ1) is 11.6. The number of ether oxygens (including phenoxy) is 1. The molecule has 1 fully saturated rings. The average Bonchev–Trinajstić information content (AvgIpc) is 2.62. The van der Waals surface area contributed by atoms with Crippen molar-refractivity contribution in [3.63, 3.8) is 0 Å². The number of hydrogen-bond donors (Lipinski definition) is 0. The van der Waals surface area contributed by atoms with E-state index in [-0.39, 0.29) is 0 Å². The first-order valence-corrected chi connectivity index (χ1v) is 8.79. The lowest BCUT2D eigenvalue weighted by molar-refractivity contribution is 0.0735. The van der Waals surface area contributed by atoms with Crippen LogP contribution in [0.1, 0.15) is 35.2 Å². The molecule has 124 valence electrons. The standard InChI is InChI=1S/C19H18ClNO2S/c20-16-9-7-14(8-10-16)19(22)23-17-6-4-5-15(13-17)18(24)21-11-2-1-3-12-21/h4-10,13H,1-3,11-12H2. The molecular formula is C19H18ClNO2S. The van der Waals surface area contributed by atoms with Gasteiger partial charge in [0.2, 0.25) is 0 Å². The van der Waals surface area contributed by atoms with Crippen LogP contribution in [0, 0.1) is 0 Å². The van der Waals surface area contributed by atoms with Crippen LogP contribution in [0.5, 0.6) is 5.75 Å². The topological polar surface area (TPSA) is 29.5 Å². The van der Waals surface area contributed by atoms with E-state index in [2.05, 4.69) is 4.90 Å². The summed E-state index contributed by atoms with van der Waals surface area (Å²) in [5.41, 5.74) is 1.37. The van der Waals surface area contributed by atoms with Gasteiger partial charge in [0.15, 0.2) is 0 Å². The van der Waals surface area contributed by atoms with Gasteiger partial charge in [0.25, 0.3) is 0 Å². The number of benzene rings is 2. The molecule has 0 bridgehead atoms. The van der Waals surface area contributed by atoms with Crippen molar-refractivity contribution < 1.29 is 9.53 Å². The van der Waals surface area contributed by atoms with Gasteiger partial charge in [-0.1, -0.05) is 36.0 Å². The van der Waals surface area contributed by atoms with Crippen LogP contribution in [-0.4, -0.2) is 28.9 Å². The predicted molar refractivity (Wildman–Crippen MR) is 100.0 cm³/mol. The monoisotopic (exact) mass is 359 g/mol. The van der Waals surface area contributed by atoms with Crippen molar-refractivity contribution in [2.75, 3.05) is 13.1 Å². The van der Waals surface area contributed by atoms with Crippen LogP contribution in [-0.2, 0) is 0 Å². The Morgan fingerprint density at radius 2 is 1.71 bits per heavy atom. The molecule has 1 aliphatic rings. The normalized spacial score (nSPS) is 14.3. The minimum atomic E-state index is -0.410. The van der Waals surface area contributed by atoms with E-state index in [0.717, 1.165) is 23.6 Å². The van der Waals surface area contributed by atoms with Crippen molar-refractivity contribution in [1.29, 1.82) is 0 Å². The van der Waals surface area contributed by atoms with E-state index in [1.165, 1.54) is 19.3 Å². The van der Waals surface area contributed by atoms with Crippen LogP contribution in [0.2, 0.25) is 5.02 Å². The Labute approximate surface area is 152 Å². The van der Waals surface area contributed by atoms with Crippen molar-refractivity contribution in [3.05, 3.63) is 64.7 Å². The van der Waals surface area contributed by atoms with E-state index in [4.69, 9.17) is 28.6 Å². The molecule has 0 atom stereocenters. The zero-order valence-electron chi connectivity index (χ0n) is 13.2. The number of halogens is 1. The van der Waals surface area contributed by atoms with Gasteiger partial charge in [-0.15, -0.1) is 0 Å². The number of hydrogen-bond acceptors (Lipinski definition) is 3. The summed E-state index contributed by atoms with van der Waals surface area (Å²) in [6.07, 6.45) is 3.61. The van der Waals surface area contributed by atoms with Crippen LogP contribution >= 0.6 is 23.8 Å². The molecule has 2 aromatic carbocycles. The Kier molecular flexibility index (Phi) is 5.48. The number of likely N-dealkylation sites (tertiary alicyclic amines) is 1. The van der Waals surface area contributed by atoms with E-state index in [1.54, 1.807) is 30.3 Å². The molecule has 0 radical (unpaired) electrons. The molecule has 1 heterocycles. The SMILES string of the molecule is O=C(Oc1cccc(C(=S)N2CCCCC2)c1)c1ccc(Cl)cc1. The lowest BCUT2D eigenvalue weighted by Crippen LogP contribution is -2.34. The number of esters is 1. The maximum atomic E-state index is 12.2. The Morgan fingerprint density at radius 1 is 1.00 bits per heavy atom. The smallest absolute Gasteiger partial charge is 0.343 e. The van der Waals surface area contributed by atoms with Crippen molar-refractivity contribution in [1.82, 2.24) is 4.90 Å². The highest BCUT2D eigenvalue weighted by Crippen LogP contribution is 2.20. The fraction of sp³-hybridized carbons (Fsp3) is 0.263. The third-order valence-electron chi connectivity index (χ3n) is 4.01. The second-order valence-corrected chi connectivity index (χ2v) is 6.60. The van der Waals surface area contributed by atoms with Gasteiger partial charge in [-0.05, 0) is 55.7 Å². The molecule has 0 unspecified atom stereocenters. The molecule has 0 saturated carbocycles. The summed E-state index contributed by atoms with van der Waals surface area (Å²) < 4.78 is 5.46. The second kappa shape index (κ2) is 7.77. The maximum absolute atomic E-state index is 12.2. The first kappa shape index (κ1) is 16.9. The van der Waals surface area contributed by atoms with Crippen LogP contribution < -0.4 is 4.74 Å². The van der Waals surface area contributed by atoms with Crippen LogP contribution in [0.3, 0.4) is 0 Å². The molecule has 0 aliphatic carbocycles. The molecule has 24 heavy (non-hydrogen) atoms. The summed E-state index contributed by atoms with van der Waals surface area (Å²) >= 11 is 11.4. The molecule has 0 N–H and O–H groups in total. The van der Waals surface area contributed by atoms with Gasteiger partial charge in [-0.3, -0.25) is 0 Å². The Morgan fingerprint density at radius 3 is 2.42 bits per heavy atom. The molecule has 0 amide bonds. The summed E-state index contributed by atoms with van der Waals surface area (Å²) in [6, 6.07) is 14.0. The van der Waals surface area contributed by atoms with E-state index >= 15 is 0 Å². The number of carbonyl (C=O) groups excluding carboxylic acids is 1. The molecule has 3 nitrogen and oxygen atoms in total. The van der Waals surface area contributed by atoms with Gasteiger partial charge in [0, 0.05) is 23.7 Å². The Balaban J connectivity index is 1.71. The van der Waals surface area contributed by atoms with Crippen molar-refractivity contribution in [3.8, 4) is 5.75 Å². The molecule has 5 heteroatoms.